The molecule has 2 rings (SSSR count). The predicted octanol–water partition coefficient (Wildman–Crippen LogP) is 2.42. The number of methoxy groups -OCH3 is 1. The van der Waals surface area contributed by atoms with Crippen molar-refractivity contribution < 1.29 is 18.3 Å². The number of alkyl halides is 2. The van der Waals surface area contributed by atoms with E-state index < -0.39 is 6.61 Å². The van der Waals surface area contributed by atoms with Gasteiger partial charge in [0.2, 0.25) is 0 Å². The Balaban J connectivity index is 2.32. The van der Waals surface area contributed by atoms with Gasteiger partial charge in [0, 0.05) is 26.3 Å². The zero-order valence-electron chi connectivity index (χ0n) is 11.6. The van der Waals surface area contributed by atoms with E-state index in [0.717, 1.165) is 12.8 Å². The summed E-state index contributed by atoms with van der Waals surface area (Å²) in [5.41, 5.74) is 0.773. The highest BCUT2D eigenvalue weighted by Crippen LogP contribution is 2.20. The minimum absolute atomic E-state index is 0.00976. The van der Waals surface area contributed by atoms with Crippen LogP contribution in [-0.4, -0.2) is 29.9 Å². The standard InChI is InChI=1S/C14H16F2N2O3/c1-20-7-3-2-6-18-12-8-10(21-14(15)16)4-5-11(12)17-9-13(18)19/h4-5,8-9,14H,2-3,6-7H2,1H3. The van der Waals surface area contributed by atoms with E-state index in [1.165, 1.54) is 22.9 Å². The Labute approximate surface area is 120 Å². The monoisotopic (exact) mass is 298 g/mol. The summed E-state index contributed by atoms with van der Waals surface area (Å²) in [5.74, 6) is 0.00976. The van der Waals surface area contributed by atoms with Gasteiger partial charge < -0.3 is 14.0 Å². The van der Waals surface area contributed by atoms with E-state index in [0.29, 0.717) is 24.2 Å². The second-order valence-corrected chi connectivity index (χ2v) is 4.48. The van der Waals surface area contributed by atoms with Crippen LogP contribution in [0.15, 0.2) is 29.2 Å². The molecule has 1 aromatic carbocycles. The van der Waals surface area contributed by atoms with Crippen molar-refractivity contribution in [2.24, 2.45) is 0 Å². The molecule has 1 heterocycles. The SMILES string of the molecule is COCCCCn1c(=O)cnc2ccc(OC(F)F)cc21. The third-order valence-electron chi connectivity index (χ3n) is 3.02. The first kappa shape index (κ1) is 15.4. The van der Waals surface area contributed by atoms with E-state index in [1.54, 1.807) is 13.2 Å². The number of halogens is 2. The van der Waals surface area contributed by atoms with E-state index in [-0.39, 0.29) is 11.3 Å². The fourth-order valence-electron chi connectivity index (χ4n) is 2.06. The lowest BCUT2D eigenvalue weighted by Gasteiger charge is -2.11. The highest BCUT2D eigenvalue weighted by molar-refractivity contribution is 5.76. The fraction of sp³-hybridized carbons (Fsp3) is 0.429. The lowest BCUT2D eigenvalue weighted by molar-refractivity contribution is -0.0497. The van der Waals surface area contributed by atoms with Gasteiger partial charge in [0.05, 0.1) is 17.2 Å². The Morgan fingerprint density at radius 3 is 2.86 bits per heavy atom. The van der Waals surface area contributed by atoms with Gasteiger partial charge in [0.1, 0.15) is 5.75 Å². The molecule has 0 fully saturated rings. The first-order valence-electron chi connectivity index (χ1n) is 6.55. The van der Waals surface area contributed by atoms with Crippen molar-refractivity contribution in [3.8, 4) is 5.75 Å². The smallest absolute Gasteiger partial charge is 0.387 e. The van der Waals surface area contributed by atoms with Gasteiger partial charge in [0.25, 0.3) is 5.56 Å². The maximum Gasteiger partial charge on any atom is 0.387 e. The van der Waals surface area contributed by atoms with Gasteiger partial charge in [-0.3, -0.25) is 4.79 Å². The summed E-state index contributed by atoms with van der Waals surface area (Å²) in [6.07, 6.45) is 2.78. The zero-order chi connectivity index (χ0) is 15.2. The van der Waals surface area contributed by atoms with Crippen molar-refractivity contribution in [1.29, 1.82) is 0 Å². The van der Waals surface area contributed by atoms with Crippen LogP contribution in [0.1, 0.15) is 12.8 Å². The molecule has 0 radical (unpaired) electrons. The normalized spacial score (nSPS) is 11.2. The van der Waals surface area contributed by atoms with Crippen LogP contribution in [0.5, 0.6) is 5.75 Å². The Kier molecular flexibility index (Phi) is 5.21. The molecule has 0 aliphatic carbocycles. The van der Waals surface area contributed by atoms with Crippen LogP contribution < -0.4 is 10.3 Å². The van der Waals surface area contributed by atoms with E-state index in [2.05, 4.69) is 9.72 Å². The molecule has 2 aromatic rings. The van der Waals surface area contributed by atoms with Crippen LogP contribution >= 0.6 is 0 Å². The van der Waals surface area contributed by atoms with Crippen LogP contribution in [-0.2, 0) is 11.3 Å². The maximum atomic E-state index is 12.3. The molecule has 114 valence electrons. The van der Waals surface area contributed by atoms with E-state index in [4.69, 9.17) is 4.74 Å². The van der Waals surface area contributed by atoms with Crippen molar-refractivity contribution in [2.45, 2.75) is 26.0 Å². The van der Waals surface area contributed by atoms with Gasteiger partial charge in [-0.1, -0.05) is 0 Å². The van der Waals surface area contributed by atoms with E-state index in [1.807, 2.05) is 0 Å². The second kappa shape index (κ2) is 7.12. The fourth-order valence-corrected chi connectivity index (χ4v) is 2.06. The van der Waals surface area contributed by atoms with Gasteiger partial charge >= 0.3 is 6.61 Å². The molecule has 0 saturated carbocycles. The van der Waals surface area contributed by atoms with Crippen LogP contribution in [0.25, 0.3) is 11.0 Å². The Hall–Kier alpha value is -2.02. The van der Waals surface area contributed by atoms with Crippen LogP contribution in [0.3, 0.4) is 0 Å². The minimum Gasteiger partial charge on any atom is -0.435 e. The summed E-state index contributed by atoms with van der Waals surface area (Å²) in [4.78, 5) is 15.9. The quantitative estimate of drug-likeness (QED) is 0.737. The summed E-state index contributed by atoms with van der Waals surface area (Å²) in [6, 6.07) is 4.37. The van der Waals surface area contributed by atoms with Crippen molar-refractivity contribution >= 4 is 11.0 Å². The number of hydrogen-bond acceptors (Lipinski definition) is 4. The molecule has 0 saturated heterocycles. The van der Waals surface area contributed by atoms with Crippen LogP contribution in [0, 0.1) is 0 Å². The molecular formula is C14H16F2N2O3. The average Bonchev–Trinajstić information content (AvgIpc) is 2.45. The molecule has 1 aromatic heterocycles. The zero-order valence-corrected chi connectivity index (χ0v) is 11.6. The number of aromatic nitrogens is 2. The summed E-state index contributed by atoms with van der Waals surface area (Å²) in [5, 5.41) is 0. The lowest BCUT2D eigenvalue weighted by atomic mass is 10.2. The van der Waals surface area contributed by atoms with E-state index >= 15 is 0 Å². The van der Waals surface area contributed by atoms with Gasteiger partial charge in [0.15, 0.2) is 0 Å². The number of unbranched alkanes of at least 4 members (excludes halogenated alkanes) is 1. The molecule has 0 atom stereocenters. The first-order chi connectivity index (χ1) is 10.1. The van der Waals surface area contributed by atoms with Gasteiger partial charge in [-0.25, -0.2) is 4.98 Å². The minimum atomic E-state index is -2.90. The predicted molar refractivity (Wildman–Crippen MR) is 73.7 cm³/mol. The number of benzene rings is 1. The Morgan fingerprint density at radius 2 is 2.14 bits per heavy atom. The summed E-state index contributed by atoms with van der Waals surface area (Å²) < 4.78 is 35.4. The summed E-state index contributed by atoms with van der Waals surface area (Å²) >= 11 is 0. The number of aryl methyl sites for hydroxylation is 1. The Bertz CT molecular complexity index is 658. The number of ether oxygens (including phenoxy) is 2. The highest BCUT2D eigenvalue weighted by Gasteiger charge is 2.09. The second-order valence-electron chi connectivity index (χ2n) is 4.48. The van der Waals surface area contributed by atoms with Crippen molar-refractivity contribution in [3.05, 3.63) is 34.7 Å². The molecule has 7 heteroatoms. The van der Waals surface area contributed by atoms with Gasteiger partial charge in [-0.2, -0.15) is 8.78 Å². The molecule has 0 bridgehead atoms. The molecular weight excluding hydrogens is 282 g/mol. The van der Waals surface area contributed by atoms with Crippen molar-refractivity contribution in [3.63, 3.8) is 0 Å². The van der Waals surface area contributed by atoms with Crippen molar-refractivity contribution in [1.82, 2.24) is 9.55 Å². The third kappa shape index (κ3) is 3.98. The highest BCUT2D eigenvalue weighted by atomic mass is 19.3. The summed E-state index contributed by atoms with van der Waals surface area (Å²) in [7, 11) is 1.61. The molecule has 5 nitrogen and oxygen atoms in total. The molecule has 0 aliphatic rings. The third-order valence-corrected chi connectivity index (χ3v) is 3.02. The molecule has 0 amide bonds. The lowest BCUT2D eigenvalue weighted by Crippen LogP contribution is -2.20. The van der Waals surface area contributed by atoms with Crippen LogP contribution in [0.4, 0.5) is 8.78 Å². The van der Waals surface area contributed by atoms with Gasteiger partial charge in [-0.05, 0) is 25.0 Å². The van der Waals surface area contributed by atoms with Gasteiger partial charge in [-0.15, -0.1) is 0 Å². The number of hydrogen-bond donors (Lipinski definition) is 0. The largest absolute Gasteiger partial charge is 0.435 e. The van der Waals surface area contributed by atoms with Crippen molar-refractivity contribution in [2.75, 3.05) is 13.7 Å². The number of rotatable bonds is 7. The molecule has 0 N–H and O–H groups in total. The molecule has 0 spiro atoms. The maximum absolute atomic E-state index is 12.3. The first-order valence-corrected chi connectivity index (χ1v) is 6.55. The molecule has 0 aliphatic heterocycles. The Morgan fingerprint density at radius 1 is 1.33 bits per heavy atom. The topological polar surface area (TPSA) is 53.4 Å². The molecule has 0 unspecified atom stereocenters. The molecule has 21 heavy (non-hydrogen) atoms. The number of fused-ring (bicyclic) bond motifs is 1. The van der Waals surface area contributed by atoms with Crippen LogP contribution in [0.2, 0.25) is 0 Å². The summed E-state index contributed by atoms with van der Waals surface area (Å²) in [6.45, 7) is -1.82. The van der Waals surface area contributed by atoms with E-state index in [9.17, 15) is 13.6 Å². The average molecular weight is 298 g/mol. The number of nitrogens with zero attached hydrogens (tertiary/aromatic N) is 2.